The smallest absolute Gasteiger partial charge is 0.329 e. The van der Waals surface area contributed by atoms with E-state index in [0.717, 1.165) is 4.90 Å². The standard InChI is InChI=1S/C21H19N3O6/c1-12(24-19(27)15-8-3-4-9-16(15)20(24)28)21(29)30-11-17(25)23-14-7-5-6-13(10-14)18(26)22-2/h3-10,12H,11H2,1-2H3,(H,22,26)(H,23,25)/t12-/m0/s1. The molecule has 0 fully saturated rings. The predicted octanol–water partition coefficient (Wildman–Crippen LogP) is 1.21. The van der Waals surface area contributed by atoms with Crippen LogP contribution in [0, 0.1) is 0 Å². The molecule has 0 aromatic heterocycles. The maximum Gasteiger partial charge on any atom is 0.329 e. The Labute approximate surface area is 172 Å². The maximum atomic E-state index is 12.4. The number of carbonyl (C=O) groups excluding carboxylic acids is 5. The summed E-state index contributed by atoms with van der Waals surface area (Å²) in [6.45, 7) is 0.741. The van der Waals surface area contributed by atoms with Crippen molar-refractivity contribution in [3.63, 3.8) is 0 Å². The maximum absolute atomic E-state index is 12.4. The first-order chi connectivity index (χ1) is 14.3. The molecule has 2 aromatic carbocycles. The molecule has 0 radical (unpaired) electrons. The molecule has 4 amide bonds. The summed E-state index contributed by atoms with van der Waals surface area (Å²) in [4.78, 5) is 61.7. The average molecular weight is 409 g/mol. The second-order valence-electron chi connectivity index (χ2n) is 6.52. The number of amides is 4. The highest BCUT2D eigenvalue weighted by Gasteiger charge is 2.41. The van der Waals surface area contributed by atoms with E-state index in [1.165, 1.54) is 32.2 Å². The van der Waals surface area contributed by atoms with Gasteiger partial charge < -0.3 is 15.4 Å². The SMILES string of the molecule is CNC(=O)c1cccc(NC(=O)COC(=O)[C@H](C)N2C(=O)c3ccccc3C2=O)c1. The van der Waals surface area contributed by atoms with E-state index in [2.05, 4.69) is 10.6 Å². The Hall–Kier alpha value is -4.01. The summed E-state index contributed by atoms with van der Waals surface area (Å²) in [6, 6.07) is 11.3. The molecule has 2 aromatic rings. The quantitative estimate of drug-likeness (QED) is 0.546. The third-order valence-corrected chi connectivity index (χ3v) is 4.53. The average Bonchev–Trinajstić information content (AvgIpc) is 3.01. The molecule has 1 aliphatic rings. The molecule has 9 nitrogen and oxygen atoms in total. The molecule has 1 heterocycles. The first kappa shape index (κ1) is 20.7. The number of nitrogens with zero attached hydrogens (tertiary/aromatic N) is 1. The molecule has 0 saturated heterocycles. The van der Waals surface area contributed by atoms with Gasteiger partial charge in [-0.25, -0.2) is 4.79 Å². The van der Waals surface area contributed by atoms with E-state index in [1.54, 1.807) is 30.3 Å². The van der Waals surface area contributed by atoms with Crippen LogP contribution in [0.2, 0.25) is 0 Å². The lowest BCUT2D eigenvalue weighted by molar-refractivity contribution is -0.150. The number of nitrogens with one attached hydrogen (secondary N) is 2. The first-order valence-corrected chi connectivity index (χ1v) is 9.09. The topological polar surface area (TPSA) is 122 Å². The van der Waals surface area contributed by atoms with Gasteiger partial charge in [-0.2, -0.15) is 0 Å². The van der Waals surface area contributed by atoms with Crippen LogP contribution >= 0.6 is 0 Å². The Kier molecular flexibility index (Phi) is 5.91. The molecule has 0 saturated carbocycles. The highest BCUT2D eigenvalue weighted by molar-refractivity contribution is 6.22. The summed E-state index contributed by atoms with van der Waals surface area (Å²) in [5.41, 5.74) is 1.14. The van der Waals surface area contributed by atoms with Crippen molar-refractivity contribution in [2.24, 2.45) is 0 Å². The Balaban J connectivity index is 1.58. The molecular formula is C21H19N3O6. The fourth-order valence-electron chi connectivity index (χ4n) is 3.00. The van der Waals surface area contributed by atoms with Crippen LogP contribution in [0.5, 0.6) is 0 Å². The second-order valence-corrected chi connectivity index (χ2v) is 6.52. The lowest BCUT2D eigenvalue weighted by Gasteiger charge is -2.20. The molecule has 2 N–H and O–H groups in total. The summed E-state index contributed by atoms with van der Waals surface area (Å²) in [5, 5.41) is 4.99. The largest absolute Gasteiger partial charge is 0.454 e. The van der Waals surface area contributed by atoms with Crippen molar-refractivity contribution >= 4 is 35.3 Å². The zero-order chi connectivity index (χ0) is 21.8. The molecule has 0 spiro atoms. The number of benzene rings is 2. The Bertz CT molecular complexity index is 1010. The molecule has 9 heteroatoms. The molecular weight excluding hydrogens is 390 g/mol. The number of rotatable bonds is 6. The van der Waals surface area contributed by atoms with Crippen molar-refractivity contribution < 1.29 is 28.7 Å². The van der Waals surface area contributed by atoms with Gasteiger partial charge in [0.05, 0.1) is 11.1 Å². The van der Waals surface area contributed by atoms with Gasteiger partial charge in [0.25, 0.3) is 23.6 Å². The van der Waals surface area contributed by atoms with Crippen molar-refractivity contribution in [3.8, 4) is 0 Å². The number of hydrogen-bond acceptors (Lipinski definition) is 6. The van der Waals surface area contributed by atoms with Gasteiger partial charge in [0.15, 0.2) is 6.61 Å². The third-order valence-electron chi connectivity index (χ3n) is 4.53. The summed E-state index contributed by atoms with van der Waals surface area (Å²) < 4.78 is 4.97. The van der Waals surface area contributed by atoms with Crippen LogP contribution in [-0.2, 0) is 14.3 Å². The monoisotopic (exact) mass is 409 g/mol. The van der Waals surface area contributed by atoms with E-state index in [4.69, 9.17) is 4.74 Å². The predicted molar refractivity (Wildman–Crippen MR) is 106 cm³/mol. The van der Waals surface area contributed by atoms with Gasteiger partial charge in [-0.05, 0) is 37.3 Å². The number of anilines is 1. The second kappa shape index (κ2) is 8.56. The Morgan fingerprint density at radius 1 is 1.00 bits per heavy atom. The van der Waals surface area contributed by atoms with Crippen molar-refractivity contribution in [1.82, 2.24) is 10.2 Å². The summed E-state index contributed by atoms with van der Waals surface area (Å²) in [6.07, 6.45) is 0. The van der Waals surface area contributed by atoms with Crippen LogP contribution in [0.15, 0.2) is 48.5 Å². The van der Waals surface area contributed by atoms with Gasteiger partial charge in [0.1, 0.15) is 6.04 Å². The zero-order valence-electron chi connectivity index (χ0n) is 16.3. The van der Waals surface area contributed by atoms with Crippen LogP contribution < -0.4 is 10.6 Å². The minimum Gasteiger partial charge on any atom is -0.454 e. The van der Waals surface area contributed by atoms with Crippen LogP contribution in [0.1, 0.15) is 38.0 Å². The van der Waals surface area contributed by atoms with E-state index in [1.807, 2.05) is 0 Å². The molecule has 0 aliphatic carbocycles. The summed E-state index contributed by atoms with van der Waals surface area (Å²) >= 11 is 0. The van der Waals surface area contributed by atoms with E-state index in [0.29, 0.717) is 11.3 Å². The highest BCUT2D eigenvalue weighted by Crippen LogP contribution is 2.24. The minimum atomic E-state index is -1.19. The van der Waals surface area contributed by atoms with E-state index in [-0.39, 0.29) is 17.0 Å². The van der Waals surface area contributed by atoms with Crippen molar-refractivity contribution in [2.45, 2.75) is 13.0 Å². The molecule has 154 valence electrons. The molecule has 0 unspecified atom stereocenters. The lowest BCUT2D eigenvalue weighted by Crippen LogP contribution is -2.44. The number of esters is 1. The van der Waals surface area contributed by atoms with Crippen LogP contribution in [-0.4, -0.2) is 54.2 Å². The molecule has 0 bridgehead atoms. The molecule has 30 heavy (non-hydrogen) atoms. The van der Waals surface area contributed by atoms with Gasteiger partial charge in [0.2, 0.25) is 0 Å². The molecule has 3 rings (SSSR count). The summed E-state index contributed by atoms with van der Waals surface area (Å²) in [5.74, 6) is -3.01. The minimum absolute atomic E-state index is 0.218. The number of fused-ring (bicyclic) bond motifs is 1. The van der Waals surface area contributed by atoms with E-state index < -0.39 is 36.3 Å². The van der Waals surface area contributed by atoms with Crippen molar-refractivity contribution in [2.75, 3.05) is 19.0 Å². The van der Waals surface area contributed by atoms with Gasteiger partial charge in [-0.1, -0.05) is 18.2 Å². The van der Waals surface area contributed by atoms with Crippen LogP contribution in [0.4, 0.5) is 5.69 Å². The Morgan fingerprint density at radius 3 is 2.23 bits per heavy atom. The van der Waals surface area contributed by atoms with Crippen LogP contribution in [0.3, 0.4) is 0 Å². The van der Waals surface area contributed by atoms with E-state index >= 15 is 0 Å². The van der Waals surface area contributed by atoms with Gasteiger partial charge in [-0.3, -0.25) is 24.1 Å². The summed E-state index contributed by atoms with van der Waals surface area (Å²) in [7, 11) is 1.49. The number of ether oxygens (including phenoxy) is 1. The van der Waals surface area contributed by atoms with Crippen LogP contribution in [0.25, 0.3) is 0 Å². The third kappa shape index (κ3) is 4.04. The number of hydrogen-bond donors (Lipinski definition) is 2. The van der Waals surface area contributed by atoms with Gasteiger partial charge in [0, 0.05) is 18.3 Å². The lowest BCUT2D eigenvalue weighted by atomic mass is 10.1. The van der Waals surface area contributed by atoms with Gasteiger partial charge >= 0.3 is 5.97 Å². The van der Waals surface area contributed by atoms with Gasteiger partial charge in [-0.15, -0.1) is 0 Å². The fourth-order valence-corrected chi connectivity index (χ4v) is 3.00. The number of carbonyl (C=O) groups is 5. The molecule has 1 aliphatic heterocycles. The normalized spacial score (nSPS) is 13.5. The van der Waals surface area contributed by atoms with Crippen molar-refractivity contribution in [1.29, 1.82) is 0 Å². The highest BCUT2D eigenvalue weighted by atomic mass is 16.5. The zero-order valence-corrected chi connectivity index (χ0v) is 16.3. The number of imide groups is 1. The first-order valence-electron chi connectivity index (χ1n) is 9.09. The Morgan fingerprint density at radius 2 is 1.63 bits per heavy atom. The van der Waals surface area contributed by atoms with E-state index in [9.17, 15) is 24.0 Å². The fraction of sp³-hybridized carbons (Fsp3) is 0.190. The van der Waals surface area contributed by atoms with Crippen molar-refractivity contribution in [3.05, 3.63) is 65.2 Å². The molecule has 1 atom stereocenters.